The highest BCUT2D eigenvalue weighted by atomic mass is 16.5. The SMILES string of the molecule is CC(=O)N1CCCN(Cc2cccnc2)CCCN(C(=O)COc2ccccc2)Cc2ccccc21. The van der Waals surface area contributed by atoms with Crippen molar-refractivity contribution in [1.82, 2.24) is 14.8 Å². The minimum absolute atomic E-state index is 0.00334. The van der Waals surface area contributed by atoms with Crippen LogP contribution in [-0.2, 0) is 22.7 Å². The Morgan fingerprint density at radius 3 is 2.39 bits per heavy atom. The summed E-state index contributed by atoms with van der Waals surface area (Å²) in [5.41, 5.74) is 2.99. The molecule has 0 fully saturated rings. The van der Waals surface area contributed by atoms with E-state index in [0.717, 1.165) is 49.3 Å². The largest absolute Gasteiger partial charge is 0.484 e. The molecule has 0 aliphatic carbocycles. The van der Waals surface area contributed by atoms with E-state index in [1.165, 1.54) is 0 Å². The van der Waals surface area contributed by atoms with Gasteiger partial charge in [-0.25, -0.2) is 0 Å². The number of anilines is 1. The summed E-state index contributed by atoms with van der Waals surface area (Å²) < 4.78 is 5.77. The fourth-order valence-corrected chi connectivity index (χ4v) is 4.56. The lowest BCUT2D eigenvalue weighted by Crippen LogP contribution is -2.39. The van der Waals surface area contributed by atoms with Gasteiger partial charge in [-0.3, -0.25) is 19.5 Å². The van der Waals surface area contributed by atoms with Crippen LogP contribution in [0.1, 0.15) is 30.9 Å². The van der Waals surface area contributed by atoms with Crippen LogP contribution < -0.4 is 9.64 Å². The van der Waals surface area contributed by atoms with E-state index in [1.807, 2.05) is 76.7 Å². The number of carbonyl (C=O) groups is 2. The monoisotopic (exact) mass is 486 g/mol. The second kappa shape index (κ2) is 12.8. The number of rotatable bonds is 5. The van der Waals surface area contributed by atoms with Crippen molar-refractivity contribution < 1.29 is 14.3 Å². The molecule has 7 nitrogen and oxygen atoms in total. The van der Waals surface area contributed by atoms with Gasteiger partial charge >= 0.3 is 0 Å². The summed E-state index contributed by atoms with van der Waals surface area (Å²) in [7, 11) is 0. The summed E-state index contributed by atoms with van der Waals surface area (Å²) in [5, 5.41) is 0. The summed E-state index contributed by atoms with van der Waals surface area (Å²) in [4.78, 5) is 36.2. The second-order valence-corrected chi connectivity index (χ2v) is 9.06. The standard InChI is InChI=1S/C29H34N4O3/c1-24(34)33-19-9-17-31(21-25-10-7-15-30-20-25)16-8-18-32(22-26-11-5-6-14-28(26)33)29(35)23-36-27-12-3-2-4-13-27/h2-7,10-15,20H,8-9,16-19,21-23H2,1H3. The van der Waals surface area contributed by atoms with Crippen LogP contribution in [0.2, 0.25) is 0 Å². The first-order valence-corrected chi connectivity index (χ1v) is 12.5. The van der Waals surface area contributed by atoms with E-state index in [4.69, 9.17) is 4.74 Å². The molecule has 0 unspecified atom stereocenters. The third kappa shape index (κ3) is 7.15. The van der Waals surface area contributed by atoms with Crippen molar-refractivity contribution in [1.29, 1.82) is 0 Å². The number of amides is 2. The fraction of sp³-hybridized carbons (Fsp3) is 0.345. The molecule has 1 aliphatic heterocycles. The Kier molecular flexibility index (Phi) is 9.05. The van der Waals surface area contributed by atoms with Crippen LogP contribution in [0.4, 0.5) is 5.69 Å². The first-order valence-electron chi connectivity index (χ1n) is 12.5. The molecule has 7 heteroatoms. The molecule has 0 saturated heterocycles. The Labute approximate surface area is 213 Å². The van der Waals surface area contributed by atoms with E-state index in [9.17, 15) is 9.59 Å². The summed E-state index contributed by atoms with van der Waals surface area (Å²) in [6.07, 6.45) is 5.38. The van der Waals surface area contributed by atoms with Crippen LogP contribution in [0.3, 0.4) is 0 Å². The molecule has 188 valence electrons. The highest BCUT2D eigenvalue weighted by Gasteiger charge is 2.21. The third-order valence-corrected chi connectivity index (χ3v) is 6.37. The predicted molar refractivity (Wildman–Crippen MR) is 141 cm³/mol. The molecule has 0 saturated carbocycles. The van der Waals surface area contributed by atoms with Crippen molar-refractivity contribution in [3.05, 3.63) is 90.3 Å². The Morgan fingerprint density at radius 1 is 0.889 bits per heavy atom. The maximum Gasteiger partial charge on any atom is 0.260 e. The van der Waals surface area contributed by atoms with Crippen LogP contribution in [0, 0.1) is 0 Å². The lowest BCUT2D eigenvalue weighted by Gasteiger charge is -2.31. The predicted octanol–water partition coefficient (Wildman–Crippen LogP) is 4.14. The van der Waals surface area contributed by atoms with E-state index < -0.39 is 0 Å². The highest BCUT2D eigenvalue weighted by Crippen LogP contribution is 2.24. The molecular weight excluding hydrogens is 452 g/mol. The number of hydrogen-bond donors (Lipinski definition) is 0. The van der Waals surface area contributed by atoms with Crippen molar-refractivity contribution in [3.63, 3.8) is 0 Å². The number of hydrogen-bond acceptors (Lipinski definition) is 5. The molecule has 4 rings (SSSR count). The van der Waals surface area contributed by atoms with Crippen molar-refractivity contribution in [2.75, 3.05) is 37.7 Å². The molecule has 0 N–H and O–H groups in total. The van der Waals surface area contributed by atoms with Gasteiger partial charge in [0.05, 0.1) is 0 Å². The lowest BCUT2D eigenvalue weighted by molar-refractivity contribution is -0.134. The van der Waals surface area contributed by atoms with E-state index in [1.54, 1.807) is 13.1 Å². The summed E-state index contributed by atoms with van der Waals surface area (Å²) in [5.74, 6) is 0.605. The van der Waals surface area contributed by atoms with E-state index in [2.05, 4.69) is 16.0 Å². The molecule has 1 aromatic heterocycles. The number of pyridine rings is 1. The molecule has 3 aromatic rings. The zero-order valence-electron chi connectivity index (χ0n) is 20.9. The quantitative estimate of drug-likeness (QED) is 0.542. The van der Waals surface area contributed by atoms with Crippen molar-refractivity contribution in [2.45, 2.75) is 32.9 Å². The van der Waals surface area contributed by atoms with Crippen molar-refractivity contribution >= 4 is 17.5 Å². The number of para-hydroxylation sites is 2. The third-order valence-electron chi connectivity index (χ3n) is 6.37. The average Bonchev–Trinajstić information content (AvgIpc) is 2.89. The zero-order valence-corrected chi connectivity index (χ0v) is 20.9. The minimum atomic E-state index is -0.0705. The number of nitrogens with zero attached hydrogens (tertiary/aromatic N) is 4. The Hall–Kier alpha value is -3.71. The molecular formula is C29H34N4O3. The number of benzene rings is 2. The van der Waals surface area contributed by atoms with Gasteiger partial charge in [-0.15, -0.1) is 0 Å². The first-order chi connectivity index (χ1) is 17.6. The van der Waals surface area contributed by atoms with E-state index >= 15 is 0 Å². The van der Waals surface area contributed by atoms with Gasteiger partial charge in [-0.05, 0) is 48.2 Å². The Bertz CT molecular complexity index is 1120. The molecule has 36 heavy (non-hydrogen) atoms. The number of ether oxygens (including phenoxy) is 1. The van der Waals surface area contributed by atoms with Gasteiger partial charge in [0.2, 0.25) is 5.91 Å². The average molecular weight is 487 g/mol. The van der Waals surface area contributed by atoms with E-state index in [0.29, 0.717) is 25.4 Å². The highest BCUT2D eigenvalue weighted by molar-refractivity contribution is 5.92. The molecule has 1 aliphatic rings. The van der Waals surface area contributed by atoms with Gasteiger partial charge in [0.15, 0.2) is 6.61 Å². The maximum atomic E-state index is 13.3. The van der Waals surface area contributed by atoms with Crippen LogP contribution in [0.25, 0.3) is 0 Å². The van der Waals surface area contributed by atoms with Crippen LogP contribution in [-0.4, -0.2) is 59.4 Å². The smallest absolute Gasteiger partial charge is 0.260 e. The molecule has 2 aromatic carbocycles. The first kappa shape index (κ1) is 25.4. The van der Waals surface area contributed by atoms with Crippen LogP contribution >= 0.6 is 0 Å². The van der Waals surface area contributed by atoms with Gasteiger partial charge in [0.1, 0.15) is 5.75 Å². The Balaban J connectivity index is 1.54. The summed E-state index contributed by atoms with van der Waals surface area (Å²) in [6.45, 7) is 5.73. The summed E-state index contributed by atoms with van der Waals surface area (Å²) >= 11 is 0. The van der Waals surface area contributed by atoms with Crippen LogP contribution in [0.15, 0.2) is 79.1 Å². The van der Waals surface area contributed by atoms with Gasteiger partial charge in [0.25, 0.3) is 5.91 Å². The van der Waals surface area contributed by atoms with Gasteiger partial charge in [-0.1, -0.05) is 42.5 Å². The zero-order chi connectivity index (χ0) is 25.2. The molecule has 0 atom stereocenters. The molecule has 0 spiro atoms. The second-order valence-electron chi connectivity index (χ2n) is 9.06. The minimum Gasteiger partial charge on any atom is -0.484 e. The number of carbonyl (C=O) groups excluding carboxylic acids is 2. The Morgan fingerprint density at radius 2 is 1.64 bits per heavy atom. The van der Waals surface area contributed by atoms with Gasteiger partial charge < -0.3 is 14.5 Å². The van der Waals surface area contributed by atoms with Crippen LogP contribution in [0.5, 0.6) is 5.75 Å². The molecule has 2 amide bonds. The van der Waals surface area contributed by atoms with Crippen molar-refractivity contribution in [3.8, 4) is 5.75 Å². The summed E-state index contributed by atoms with van der Waals surface area (Å²) in [6, 6.07) is 21.3. The molecule has 2 heterocycles. The van der Waals surface area contributed by atoms with Crippen molar-refractivity contribution in [2.24, 2.45) is 0 Å². The number of fused-ring (bicyclic) bond motifs is 1. The fourth-order valence-electron chi connectivity index (χ4n) is 4.56. The van der Waals surface area contributed by atoms with Gasteiger partial charge in [0, 0.05) is 64.3 Å². The normalized spacial score (nSPS) is 15.4. The number of aromatic nitrogens is 1. The lowest BCUT2D eigenvalue weighted by atomic mass is 10.1. The topological polar surface area (TPSA) is 66.0 Å². The molecule has 0 bridgehead atoms. The van der Waals surface area contributed by atoms with E-state index in [-0.39, 0.29) is 18.4 Å². The maximum absolute atomic E-state index is 13.3. The van der Waals surface area contributed by atoms with Gasteiger partial charge in [-0.2, -0.15) is 0 Å². The molecule has 0 radical (unpaired) electrons.